The van der Waals surface area contributed by atoms with Gasteiger partial charge >= 0.3 is 0 Å². The van der Waals surface area contributed by atoms with Gasteiger partial charge in [-0.05, 0) is 25.1 Å². The third kappa shape index (κ3) is 8.93. The SMILES string of the molecule is CN=C(NCc1ccccc1)NCC(C)(C)CN(C)C.I. The van der Waals surface area contributed by atoms with E-state index in [0.29, 0.717) is 0 Å². The van der Waals surface area contributed by atoms with Gasteiger partial charge in [-0.25, -0.2) is 0 Å². The van der Waals surface area contributed by atoms with E-state index in [1.807, 2.05) is 18.2 Å². The molecule has 0 aliphatic rings. The van der Waals surface area contributed by atoms with Crippen LogP contribution in [0.3, 0.4) is 0 Å². The summed E-state index contributed by atoms with van der Waals surface area (Å²) in [4.78, 5) is 6.48. The van der Waals surface area contributed by atoms with Crippen LogP contribution < -0.4 is 10.6 Å². The van der Waals surface area contributed by atoms with E-state index in [9.17, 15) is 0 Å². The molecular weight excluding hydrogens is 375 g/mol. The van der Waals surface area contributed by atoms with E-state index in [0.717, 1.165) is 25.6 Å². The van der Waals surface area contributed by atoms with Gasteiger partial charge in [-0.3, -0.25) is 4.99 Å². The number of benzene rings is 1. The third-order valence-electron chi connectivity index (χ3n) is 3.01. The van der Waals surface area contributed by atoms with Crippen molar-refractivity contribution in [1.82, 2.24) is 15.5 Å². The largest absolute Gasteiger partial charge is 0.356 e. The predicted octanol–water partition coefficient (Wildman–Crippen LogP) is 2.56. The van der Waals surface area contributed by atoms with Gasteiger partial charge in [0.05, 0.1) is 0 Å². The minimum Gasteiger partial charge on any atom is -0.356 e. The summed E-state index contributed by atoms with van der Waals surface area (Å²) in [5.41, 5.74) is 1.46. The molecule has 0 aromatic heterocycles. The Balaban J connectivity index is 0.00000400. The molecule has 0 aliphatic heterocycles. The normalized spacial score (nSPS) is 12.0. The first-order valence-electron chi connectivity index (χ1n) is 7.06. The van der Waals surface area contributed by atoms with Gasteiger partial charge in [-0.2, -0.15) is 0 Å². The molecule has 0 bridgehead atoms. The fraction of sp³-hybridized carbons (Fsp3) is 0.562. The summed E-state index contributed by atoms with van der Waals surface area (Å²) in [7, 11) is 6.01. The van der Waals surface area contributed by atoms with Crippen LogP contribution in [0.15, 0.2) is 35.3 Å². The first kappa shape index (κ1) is 20.2. The van der Waals surface area contributed by atoms with E-state index >= 15 is 0 Å². The van der Waals surface area contributed by atoms with E-state index in [2.05, 4.69) is 60.6 Å². The smallest absolute Gasteiger partial charge is 0.191 e. The fourth-order valence-corrected chi connectivity index (χ4v) is 2.24. The van der Waals surface area contributed by atoms with Gasteiger partial charge in [0.2, 0.25) is 0 Å². The number of rotatable bonds is 6. The quantitative estimate of drug-likeness (QED) is 0.435. The van der Waals surface area contributed by atoms with E-state index in [4.69, 9.17) is 0 Å². The maximum absolute atomic E-state index is 4.27. The number of nitrogens with zero attached hydrogens (tertiary/aromatic N) is 2. The first-order chi connectivity index (χ1) is 9.43. The standard InChI is InChI=1S/C16H28N4.HI/c1-16(2,13-20(4)5)12-19-15(17-3)18-11-14-9-7-6-8-10-14;/h6-10H,11-13H2,1-5H3,(H2,17,18,19);1H. The molecule has 21 heavy (non-hydrogen) atoms. The molecule has 120 valence electrons. The molecule has 4 nitrogen and oxygen atoms in total. The Bertz CT molecular complexity index is 416. The molecule has 0 spiro atoms. The average Bonchev–Trinajstić information content (AvgIpc) is 2.38. The van der Waals surface area contributed by atoms with Crippen molar-refractivity contribution in [2.75, 3.05) is 34.2 Å². The molecule has 0 heterocycles. The second kappa shape index (κ2) is 10.00. The Hall–Kier alpha value is -0.820. The lowest BCUT2D eigenvalue weighted by Crippen LogP contribution is -2.44. The summed E-state index contributed by atoms with van der Waals surface area (Å²) in [6, 6.07) is 10.3. The van der Waals surface area contributed by atoms with Crippen LogP contribution in [-0.4, -0.2) is 45.1 Å². The Morgan fingerprint density at radius 3 is 2.29 bits per heavy atom. The first-order valence-corrected chi connectivity index (χ1v) is 7.06. The van der Waals surface area contributed by atoms with Crippen LogP contribution in [0.2, 0.25) is 0 Å². The summed E-state index contributed by atoms with van der Waals surface area (Å²) in [5, 5.41) is 6.73. The number of hydrogen-bond acceptors (Lipinski definition) is 2. The maximum Gasteiger partial charge on any atom is 0.191 e. The second-order valence-electron chi connectivity index (χ2n) is 6.17. The number of nitrogens with one attached hydrogen (secondary N) is 2. The highest BCUT2D eigenvalue weighted by molar-refractivity contribution is 14.0. The summed E-state index contributed by atoms with van der Waals surface area (Å²) in [6.45, 7) is 7.22. The lowest BCUT2D eigenvalue weighted by molar-refractivity contribution is 0.241. The zero-order valence-electron chi connectivity index (χ0n) is 13.8. The van der Waals surface area contributed by atoms with Gasteiger partial charge in [0.15, 0.2) is 5.96 Å². The molecular formula is C16H29IN4. The van der Waals surface area contributed by atoms with Crippen LogP contribution in [-0.2, 0) is 6.54 Å². The number of hydrogen-bond donors (Lipinski definition) is 2. The summed E-state index contributed by atoms with van der Waals surface area (Å²) >= 11 is 0. The molecule has 0 amide bonds. The predicted molar refractivity (Wildman–Crippen MR) is 102 cm³/mol. The minimum absolute atomic E-state index is 0. The number of aliphatic imine (C=N–C) groups is 1. The molecule has 1 aromatic rings. The number of guanidine groups is 1. The molecule has 0 aliphatic carbocycles. The molecule has 0 fully saturated rings. The van der Waals surface area contributed by atoms with Crippen LogP contribution in [0.4, 0.5) is 0 Å². The van der Waals surface area contributed by atoms with Gasteiger partial charge in [-0.15, -0.1) is 24.0 Å². The molecule has 0 unspecified atom stereocenters. The zero-order valence-corrected chi connectivity index (χ0v) is 16.1. The average molecular weight is 404 g/mol. The van der Waals surface area contributed by atoms with Crippen LogP contribution in [0, 0.1) is 5.41 Å². The van der Waals surface area contributed by atoms with E-state index < -0.39 is 0 Å². The third-order valence-corrected chi connectivity index (χ3v) is 3.01. The molecule has 0 radical (unpaired) electrons. The van der Waals surface area contributed by atoms with Crippen LogP contribution in [0.1, 0.15) is 19.4 Å². The van der Waals surface area contributed by atoms with Crippen molar-refractivity contribution in [2.45, 2.75) is 20.4 Å². The summed E-state index contributed by atoms with van der Waals surface area (Å²) in [6.07, 6.45) is 0. The van der Waals surface area contributed by atoms with Gasteiger partial charge < -0.3 is 15.5 Å². The molecule has 1 rings (SSSR count). The lowest BCUT2D eigenvalue weighted by atomic mass is 9.93. The van der Waals surface area contributed by atoms with Gasteiger partial charge in [0.1, 0.15) is 0 Å². The second-order valence-corrected chi connectivity index (χ2v) is 6.17. The van der Waals surface area contributed by atoms with E-state index in [1.165, 1.54) is 5.56 Å². The zero-order chi connectivity index (χ0) is 15.0. The topological polar surface area (TPSA) is 39.7 Å². The van der Waals surface area contributed by atoms with Crippen molar-refractivity contribution in [3.63, 3.8) is 0 Å². The van der Waals surface area contributed by atoms with Crippen molar-refractivity contribution in [3.8, 4) is 0 Å². The summed E-state index contributed by atoms with van der Waals surface area (Å²) in [5.74, 6) is 0.848. The van der Waals surface area contributed by atoms with Gasteiger partial charge in [0, 0.05) is 26.7 Å². The molecule has 2 N–H and O–H groups in total. The minimum atomic E-state index is 0. The van der Waals surface area contributed by atoms with E-state index in [-0.39, 0.29) is 29.4 Å². The highest BCUT2D eigenvalue weighted by Gasteiger charge is 2.19. The van der Waals surface area contributed by atoms with Crippen LogP contribution in [0.5, 0.6) is 0 Å². The maximum atomic E-state index is 4.27. The monoisotopic (exact) mass is 404 g/mol. The van der Waals surface area contributed by atoms with Gasteiger partial charge in [-0.1, -0.05) is 44.2 Å². The van der Waals surface area contributed by atoms with Crippen molar-refractivity contribution < 1.29 is 0 Å². The van der Waals surface area contributed by atoms with Crippen LogP contribution >= 0.6 is 24.0 Å². The fourth-order valence-electron chi connectivity index (χ4n) is 2.24. The molecule has 1 aromatic carbocycles. The highest BCUT2D eigenvalue weighted by atomic mass is 127. The Morgan fingerprint density at radius 2 is 1.76 bits per heavy atom. The molecule has 5 heteroatoms. The Morgan fingerprint density at radius 1 is 1.14 bits per heavy atom. The molecule has 0 saturated carbocycles. The Labute approximate surface area is 146 Å². The van der Waals surface area contributed by atoms with Crippen molar-refractivity contribution in [1.29, 1.82) is 0 Å². The highest BCUT2D eigenvalue weighted by Crippen LogP contribution is 2.13. The van der Waals surface area contributed by atoms with E-state index in [1.54, 1.807) is 7.05 Å². The van der Waals surface area contributed by atoms with Crippen molar-refractivity contribution >= 4 is 29.9 Å². The van der Waals surface area contributed by atoms with Crippen molar-refractivity contribution in [2.24, 2.45) is 10.4 Å². The van der Waals surface area contributed by atoms with Gasteiger partial charge in [0.25, 0.3) is 0 Å². The molecule has 0 saturated heterocycles. The Kier molecular flexibility index (Phi) is 9.61. The molecule has 0 atom stereocenters. The van der Waals surface area contributed by atoms with Crippen molar-refractivity contribution in [3.05, 3.63) is 35.9 Å². The lowest BCUT2D eigenvalue weighted by Gasteiger charge is -2.29. The number of halogens is 1. The summed E-state index contributed by atoms with van der Waals surface area (Å²) < 4.78 is 0. The van der Waals surface area contributed by atoms with Crippen LogP contribution in [0.25, 0.3) is 0 Å².